The highest BCUT2D eigenvalue weighted by atomic mass is 16.5. The van der Waals surface area contributed by atoms with Crippen LogP contribution >= 0.6 is 0 Å². The predicted molar refractivity (Wildman–Crippen MR) is 98.5 cm³/mol. The second-order valence-corrected chi connectivity index (χ2v) is 6.39. The Bertz CT molecular complexity index is 820. The van der Waals surface area contributed by atoms with Gasteiger partial charge < -0.3 is 10.1 Å². The molecule has 1 aromatic carbocycles. The van der Waals surface area contributed by atoms with Gasteiger partial charge in [-0.05, 0) is 38.3 Å². The number of benzene rings is 1. The van der Waals surface area contributed by atoms with E-state index in [0.717, 1.165) is 46.7 Å². The van der Waals surface area contributed by atoms with Crippen molar-refractivity contribution in [2.75, 3.05) is 11.9 Å². The Balaban J connectivity index is 2.25. The maximum atomic E-state index is 12.9. The molecule has 0 saturated heterocycles. The number of aryl methyl sites for hydroxylation is 2. The monoisotopic (exact) mass is 339 g/mol. The fourth-order valence-electron chi connectivity index (χ4n) is 3.53. The van der Waals surface area contributed by atoms with E-state index < -0.39 is 0 Å². The van der Waals surface area contributed by atoms with Crippen LogP contribution in [0, 0.1) is 13.8 Å². The Hall–Kier alpha value is -2.56. The molecule has 0 fully saturated rings. The van der Waals surface area contributed by atoms with E-state index in [1.54, 1.807) is 0 Å². The van der Waals surface area contributed by atoms with Gasteiger partial charge in [0.1, 0.15) is 0 Å². The van der Waals surface area contributed by atoms with Crippen LogP contribution in [0.15, 0.2) is 35.5 Å². The van der Waals surface area contributed by atoms with Crippen LogP contribution in [-0.4, -0.2) is 22.8 Å². The predicted octanol–water partition coefficient (Wildman–Crippen LogP) is 4.20. The molecule has 1 aromatic heterocycles. The van der Waals surface area contributed by atoms with Crippen LogP contribution in [0.2, 0.25) is 0 Å². The fourth-order valence-corrected chi connectivity index (χ4v) is 3.53. The molecule has 132 valence electrons. The van der Waals surface area contributed by atoms with E-state index in [-0.39, 0.29) is 11.9 Å². The first-order chi connectivity index (χ1) is 12.1. The average Bonchev–Trinajstić information content (AvgIpc) is 2.96. The van der Waals surface area contributed by atoms with Gasteiger partial charge in [-0.15, -0.1) is 0 Å². The van der Waals surface area contributed by atoms with Crippen LogP contribution < -0.4 is 5.32 Å². The first kappa shape index (κ1) is 17.3. The van der Waals surface area contributed by atoms with Crippen molar-refractivity contribution in [3.8, 4) is 0 Å². The first-order valence-corrected chi connectivity index (χ1v) is 8.86. The number of nitrogens with one attached hydrogen (secondary N) is 2. The largest absolute Gasteiger partial charge is 0.463 e. The van der Waals surface area contributed by atoms with E-state index in [1.165, 1.54) is 0 Å². The Labute approximate surface area is 148 Å². The standard InChI is InChI=1S/C20H25N3O2/c1-5-9-15-18(20(24)25-6-2)17(14-11-8-7-10-12(14)3)16-13(4)22-23-19(16)21-15/h7-8,10-11,17H,5-6,9H2,1-4H3,(H2,21,22,23). The number of fused-ring (bicyclic) bond motifs is 1. The van der Waals surface area contributed by atoms with Crippen molar-refractivity contribution in [2.24, 2.45) is 0 Å². The lowest BCUT2D eigenvalue weighted by molar-refractivity contribution is -0.138. The van der Waals surface area contributed by atoms with E-state index >= 15 is 0 Å². The maximum absolute atomic E-state index is 12.9. The van der Waals surface area contributed by atoms with Gasteiger partial charge in [0.25, 0.3) is 0 Å². The molecular weight excluding hydrogens is 314 g/mol. The Morgan fingerprint density at radius 3 is 2.68 bits per heavy atom. The second kappa shape index (κ2) is 7.13. The van der Waals surface area contributed by atoms with Crippen molar-refractivity contribution >= 4 is 11.8 Å². The van der Waals surface area contributed by atoms with Gasteiger partial charge in [-0.2, -0.15) is 5.10 Å². The summed E-state index contributed by atoms with van der Waals surface area (Å²) >= 11 is 0. The van der Waals surface area contributed by atoms with Crippen molar-refractivity contribution in [3.05, 3.63) is 57.9 Å². The van der Waals surface area contributed by atoms with Gasteiger partial charge in [0, 0.05) is 22.9 Å². The molecule has 1 aliphatic heterocycles. The number of aromatic amines is 1. The molecule has 2 N–H and O–H groups in total. The minimum Gasteiger partial charge on any atom is -0.463 e. The zero-order valence-electron chi connectivity index (χ0n) is 15.3. The molecule has 0 aliphatic carbocycles. The Morgan fingerprint density at radius 2 is 2.00 bits per heavy atom. The summed E-state index contributed by atoms with van der Waals surface area (Å²) in [5.74, 6) is 0.386. The van der Waals surface area contributed by atoms with Gasteiger partial charge >= 0.3 is 5.97 Å². The van der Waals surface area contributed by atoms with Crippen molar-refractivity contribution in [2.45, 2.75) is 46.5 Å². The lowest BCUT2D eigenvalue weighted by Gasteiger charge is -2.30. The average molecular weight is 339 g/mol. The minimum atomic E-state index is -0.252. The van der Waals surface area contributed by atoms with E-state index in [9.17, 15) is 4.79 Å². The molecule has 3 rings (SSSR count). The second-order valence-electron chi connectivity index (χ2n) is 6.39. The summed E-state index contributed by atoms with van der Waals surface area (Å²) in [5, 5.41) is 10.8. The summed E-state index contributed by atoms with van der Waals surface area (Å²) in [4.78, 5) is 12.9. The van der Waals surface area contributed by atoms with Crippen LogP contribution in [0.1, 0.15) is 55.0 Å². The highest BCUT2D eigenvalue weighted by Gasteiger charge is 2.37. The zero-order valence-corrected chi connectivity index (χ0v) is 15.3. The molecule has 5 nitrogen and oxygen atoms in total. The Kier molecular flexibility index (Phi) is 4.93. The molecule has 0 saturated carbocycles. The molecule has 0 radical (unpaired) electrons. The smallest absolute Gasteiger partial charge is 0.336 e. The summed E-state index contributed by atoms with van der Waals surface area (Å²) in [6, 6.07) is 8.20. The lowest BCUT2D eigenvalue weighted by atomic mass is 9.79. The first-order valence-electron chi connectivity index (χ1n) is 8.86. The number of carbonyl (C=O) groups excluding carboxylic acids is 1. The minimum absolute atomic E-state index is 0.170. The van der Waals surface area contributed by atoms with Gasteiger partial charge in [-0.3, -0.25) is 5.10 Å². The number of hydrogen-bond acceptors (Lipinski definition) is 4. The van der Waals surface area contributed by atoms with Crippen molar-refractivity contribution in [1.82, 2.24) is 10.2 Å². The highest BCUT2D eigenvalue weighted by Crippen LogP contribution is 2.44. The van der Waals surface area contributed by atoms with Crippen LogP contribution in [0.25, 0.3) is 0 Å². The number of H-pyrrole nitrogens is 1. The van der Waals surface area contributed by atoms with E-state index in [0.29, 0.717) is 12.2 Å². The number of anilines is 1. The lowest BCUT2D eigenvalue weighted by Crippen LogP contribution is -2.26. The molecule has 25 heavy (non-hydrogen) atoms. The summed E-state index contributed by atoms with van der Waals surface area (Å²) in [5.41, 5.74) is 5.87. The van der Waals surface area contributed by atoms with E-state index in [1.807, 2.05) is 26.0 Å². The number of aromatic nitrogens is 2. The number of rotatable bonds is 5. The van der Waals surface area contributed by atoms with Crippen LogP contribution in [0.4, 0.5) is 5.82 Å². The SMILES string of the molecule is CCCC1=C(C(=O)OCC)C(c2ccccc2C)c2c(n[nH]c2C)N1. The normalized spacial score (nSPS) is 16.4. The molecular formula is C20H25N3O2. The van der Waals surface area contributed by atoms with Crippen molar-refractivity contribution < 1.29 is 9.53 Å². The third kappa shape index (κ3) is 3.06. The molecule has 2 heterocycles. The summed E-state index contributed by atoms with van der Waals surface area (Å²) in [6.07, 6.45) is 1.71. The summed E-state index contributed by atoms with van der Waals surface area (Å²) in [7, 11) is 0. The molecule has 5 heteroatoms. The third-order valence-electron chi connectivity index (χ3n) is 4.66. The molecule has 1 unspecified atom stereocenters. The van der Waals surface area contributed by atoms with E-state index in [4.69, 9.17) is 4.74 Å². The molecule has 1 atom stereocenters. The van der Waals surface area contributed by atoms with Gasteiger partial charge in [-0.1, -0.05) is 37.6 Å². The molecule has 0 amide bonds. The van der Waals surface area contributed by atoms with Crippen molar-refractivity contribution in [3.63, 3.8) is 0 Å². The molecule has 0 spiro atoms. The number of ether oxygens (including phenoxy) is 1. The topological polar surface area (TPSA) is 67.0 Å². The maximum Gasteiger partial charge on any atom is 0.336 e. The van der Waals surface area contributed by atoms with Crippen molar-refractivity contribution in [1.29, 1.82) is 0 Å². The number of hydrogen-bond donors (Lipinski definition) is 2. The van der Waals surface area contributed by atoms with Crippen LogP contribution in [-0.2, 0) is 9.53 Å². The fraction of sp³-hybridized carbons (Fsp3) is 0.400. The number of esters is 1. The number of carbonyl (C=O) groups is 1. The van der Waals surface area contributed by atoms with Gasteiger partial charge in [-0.25, -0.2) is 4.79 Å². The summed E-state index contributed by atoms with van der Waals surface area (Å²) in [6.45, 7) is 8.37. The van der Waals surface area contributed by atoms with E-state index in [2.05, 4.69) is 41.5 Å². The Morgan fingerprint density at radius 1 is 1.24 bits per heavy atom. The quantitative estimate of drug-likeness (QED) is 0.801. The van der Waals surface area contributed by atoms with Gasteiger partial charge in [0.15, 0.2) is 5.82 Å². The van der Waals surface area contributed by atoms with Gasteiger partial charge in [0.2, 0.25) is 0 Å². The van der Waals surface area contributed by atoms with Gasteiger partial charge in [0.05, 0.1) is 12.2 Å². The number of allylic oxidation sites excluding steroid dienone is 1. The summed E-state index contributed by atoms with van der Waals surface area (Å²) < 4.78 is 5.41. The van der Waals surface area contributed by atoms with Crippen LogP contribution in [0.3, 0.4) is 0 Å². The highest BCUT2D eigenvalue weighted by molar-refractivity contribution is 5.94. The molecule has 0 bridgehead atoms. The zero-order chi connectivity index (χ0) is 18.0. The molecule has 1 aliphatic rings. The van der Waals surface area contributed by atoms with Crippen LogP contribution in [0.5, 0.6) is 0 Å². The third-order valence-corrected chi connectivity index (χ3v) is 4.66. The molecule has 2 aromatic rings. The number of nitrogens with zero attached hydrogens (tertiary/aromatic N) is 1.